The molecule has 90 valence electrons. The van der Waals surface area contributed by atoms with E-state index in [0.717, 1.165) is 12.8 Å². The van der Waals surface area contributed by atoms with Gasteiger partial charge in [-0.3, -0.25) is 14.6 Å². The number of nitrogens with one attached hydrogen (secondary N) is 2. The van der Waals surface area contributed by atoms with Crippen LogP contribution in [0, 0.1) is 0 Å². The van der Waals surface area contributed by atoms with E-state index in [1.165, 1.54) is 0 Å². The molecule has 0 spiro atoms. The monoisotopic (exact) mass is 233 g/mol. The molecule has 2 rings (SSSR count). The molecule has 0 saturated carbocycles. The third-order valence-electron chi connectivity index (χ3n) is 2.74. The van der Waals surface area contributed by atoms with E-state index in [1.807, 2.05) is 0 Å². The molecular formula is C12H15N3O2. The van der Waals surface area contributed by atoms with E-state index in [9.17, 15) is 9.59 Å². The largest absolute Gasteiger partial charge is 0.354 e. The molecule has 0 bridgehead atoms. The number of rotatable bonds is 2. The van der Waals surface area contributed by atoms with Crippen molar-refractivity contribution in [3.05, 3.63) is 30.1 Å². The zero-order valence-corrected chi connectivity index (χ0v) is 9.48. The van der Waals surface area contributed by atoms with Crippen LogP contribution >= 0.6 is 0 Å². The summed E-state index contributed by atoms with van der Waals surface area (Å²) in [5.41, 5.74) is 0.338. The molecule has 1 saturated heterocycles. The van der Waals surface area contributed by atoms with Crippen LogP contribution in [0.3, 0.4) is 0 Å². The van der Waals surface area contributed by atoms with Crippen molar-refractivity contribution in [1.82, 2.24) is 15.6 Å². The fraction of sp³-hybridized carbons (Fsp3) is 0.417. The third-order valence-corrected chi connectivity index (χ3v) is 2.74. The smallest absolute Gasteiger partial charge is 0.270 e. The molecule has 1 aromatic heterocycles. The van der Waals surface area contributed by atoms with Crippen molar-refractivity contribution < 1.29 is 9.59 Å². The van der Waals surface area contributed by atoms with Crippen LogP contribution in [0.2, 0.25) is 0 Å². The number of hydrogen-bond acceptors (Lipinski definition) is 3. The van der Waals surface area contributed by atoms with Gasteiger partial charge in [0.2, 0.25) is 5.91 Å². The van der Waals surface area contributed by atoms with Gasteiger partial charge < -0.3 is 10.6 Å². The highest BCUT2D eigenvalue weighted by Gasteiger charge is 2.22. The van der Waals surface area contributed by atoms with Crippen molar-refractivity contribution in [2.75, 3.05) is 6.54 Å². The molecular weight excluding hydrogens is 218 g/mol. The van der Waals surface area contributed by atoms with Gasteiger partial charge in [0.15, 0.2) is 0 Å². The van der Waals surface area contributed by atoms with Crippen LogP contribution in [-0.4, -0.2) is 29.4 Å². The minimum atomic E-state index is -0.438. The Bertz CT molecular complexity index is 405. The summed E-state index contributed by atoms with van der Waals surface area (Å²) < 4.78 is 0. The Kier molecular flexibility index (Phi) is 3.69. The van der Waals surface area contributed by atoms with Crippen molar-refractivity contribution in [1.29, 1.82) is 0 Å². The first-order valence-electron chi connectivity index (χ1n) is 5.77. The molecule has 2 N–H and O–H groups in total. The van der Waals surface area contributed by atoms with Crippen LogP contribution in [0.15, 0.2) is 24.4 Å². The molecule has 1 aliphatic rings. The van der Waals surface area contributed by atoms with E-state index in [-0.39, 0.29) is 11.8 Å². The standard InChI is InChI=1S/C12H15N3O2/c16-11-10(6-2-4-8-14-11)15-12(17)9-5-1-3-7-13-9/h1,3,5,7,10H,2,4,6,8H2,(H,14,16)(H,15,17)/t10-/m1/s1. The Morgan fingerprint density at radius 2 is 2.29 bits per heavy atom. The normalized spacial score (nSPS) is 20.2. The van der Waals surface area contributed by atoms with Gasteiger partial charge in [-0.25, -0.2) is 0 Å². The summed E-state index contributed by atoms with van der Waals surface area (Å²) in [7, 11) is 0. The number of aromatic nitrogens is 1. The van der Waals surface area contributed by atoms with Crippen LogP contribution in [0.5, 0.6) is 0 Å². The minimum Gasteiger partial charge on any atom is -0.354 e. The maximum Gasteiger partial charge on any atom is 0.270 e. The van der Waals surface area contributed by atoms with E-state index in [2.05, 4.69) is 15.6 Å². The Balaban J connectivity index is 2.00. The zero-order valence-electron chi connectivity index (χ0n) is 9.48. The first-order valence-corrected chi connectivity index (χ1v) is 5.77. The number of carbonyl (C=O) groups is 2. The Labute approximate surface area is 99.6 Å². The highest BCUT2D eigenvalue weighted by molar-refractivity contribution is 5.96. The molecule has 2 amide bonds. The van der Waals surface area contributed by atoms with E-state index >= 15 is 0 Å². The lowest BCUT2D eigenvalue weighted by Crippen LogP contribution is -2.45. The predicted octanol–water partition coefficient (Wildman–Crippen LogP) is 0.480. The van der Waals surface area contributed by atoms with Gasteiger partial charge in [0.25, 0.3) is 5.91 Å². The molecule has 1 fully saturated rings. The summed E-state index contributed by atoms with van der Waals surface area (Å²) in [6.45, 7) is 0.689. The molecule has 0 aliphatic carbocycles. The van der Waals surface area contributed by atoms with Gasteiger partial charge >= 0.3 is 0 Å². The highest BCUT2D eigenvalue weighted by Crippen LogP contribution is 2.06. The molecule has 2 heterocycles. The SMILES string of the molecule is O=C(N[C@@H]1CCCCNC1=O)c1ccccn1. The maximum absolute atomic E-state index is 11.8. The van der Waals surface area contributed by atoms with E-state index in [1.54, 1.807) is 24.4 Å². The molecule has 17 heavy (non-hydrogen) atoms. The number of hydrogen-bond donors (Lipinski definition) is 2. The van der Waals surface area contributed by atoms with E-state index < -0.39 is 6.04 Å². The second kappa shape index (κ2) is 5.43. The number of amides is 2. The Morgan fingerprint density at radius 1 is 1.41 bits per heavy atom. The minimum absolute atomic E-state index is 0.105. The van der Waals surface area contributed by atoms with Crippen LogP contribution < -0.4 is 10.6 Å². The van der Waals surface area contributed by atoms with Crippen molar-refractivity contribution in [3.63, 3.8) is 0 Å². The molecule has 1 aromatic rings. The number of pyridine rings is 1. The van der Waals surface area contributed by atoms with Gasteiger partial charge in [0.1, 0.15) is 11.7 Å². The van der Waals surface area contributed by atoms with Gasteiger partial charge in [-0.05, 0) is 31.4 Å². The predicted molar refractivity (Wildman–Crippen MR) is 62.4 cm³/mol. The van der Waals surface area contributed by atoms with Gasteiger partial charge in [0.05, 0.1) is 0 Å². The van der Waals surface area contributed by atoms with Crippen LogP contribution in [-0.2, 0) is 4.79 Å². The lowest BCUT2D eigenvalue weighted by atomic mass is 10.1. The Hall–Kier alpha value is -1.91. The average molecular weight is 233 g/mol. The first kappa shape index (κ1) is 11.6. The van der Waals surface area contributed by atoms with E-state index in [4.69, 9.17) is 0 Å². The summed E-state index contributed by atoms with van der Waals surface area (Å²) in [5.74, 6) is -0.403. The van der Waals surface area contributed by atoms with Gasteiger partial charge in [0, 0.05) is 12.7 Å². The lowest BCUT2D eigenvalue weighted by Gasteiger charge is -2.14. The summed E-state index contributed by atoms with van der Waals surface area (Å²) in [6.07, 6.45) is 4.14. The van der Waals surface area contributed by atoms with Crippen molar-refractivity contribution in [3.8, 4) is 0 Å². The molecule has 0 aromatic carbocycles. The van der Waals surface area contributed by atoms with Crippen molar-refractivity contribution in [2.45, 2.75) is 25.3 Å². The molecule has 1 aliphatic heterocycles. The summed E-state index contributed by atoms with van der Waals surface area (Å²) in [4.78, 5) is 27.4. The second-order valence-electron chi connectivity index (χ2n) is 4.03. The lowest BCUT2D eigenvalue weighted by molar-refractivity contribution is -0.122. The summed E-state index contributed by atoms with van der Waals surface area (Å²) in [6, 6.07) is 4.68. The maximum atomic E-state index is 11.8. The van der Waals surface area contributed by atoms with Crippen LogP contribution in [0.4, 0.5) is 0 Å². The second-order valence-corrected chi connectivity index (χ2v) is 4.03. The first-order chi connectivity index (χ1) is 8.27. The topological polar surface area (TPSA) is 71.1 Å². The summed E-state index contributed by atoms with van der Waals surface area (Å²) in [5, 5.41) is 5.49. The number of nitrogens with zero attached hydrogens (tertiary/aromatic N) is 1. The van der Waals surface area contributed by atoms with E-state index in [0.29, 0.717) is 18.7 Å². The van der Waals surface area contributed by atoms with Gasteiger partial charge in [-0.2, -0.15) is 0 Å². The van der Waals surface area contributed by atoms with Crippen LogP contribution in [0.25, 0.3) is 0 Å². The molecule has 0 radical (unpaired) electrons. The fourth-order valence-electron chi connectivity index (χ4n) is 1.81. The third kappa shape index (κ3) is 3.03. The molecule has 5 nitrogen and oxygen atoms in total. The highest BCUT2D eigenvalue weighted by atomic mass is 16.2. The van der Waals surface area contributed by atoms with Crippen molar-refractivity contribution >= 4 is 11.8 Å². The fourth-order valence-corrected chi connectivity index (χ4v) is 1.81. The summed E-state index contributed by atoms with van der Waals surface area (Å²) >= 11 is 0. The molecule has 5 heteroatoms. The average Bonchev–Trinajstić information content (AvgIpc) is 2.56. The van der Waals surface area contributed by atoms with Gasteiger partial charge in [-0.15, -0.1) is 0 Å². The zero-order chi connectivity index (χ0) is 12.1. The number of carbonyl (C=O) groups excluding carboxylic acids is 2. The molecule has 1 atom stereocenters. The van der Waals surface area contributed by atoms with Crippen LogP contribution in [0.1, 0.15) is 29.8 Å². The molecule has 0 unspecified atom stereocenters. The van der Waals surface area contributed by atoms with Gasteiger partial charge in [-0.1, -0.05) is 6.07 Å². The quantitative estimate of drug-likeness (QED) is 0.780. The Morgan fingerprint density at radius 3 is 3.06 bits per heavy atom. The van der Waals surface area contributed by atoms with Crippen molar-refractivity contribution in [2.24, 2.45) is 0 Å².